The molecule has 31 heavy (non-hydrogen) atoms. The number of piperazine rings is 1. The van der Waals surface area contributed by atoms with Crippen molar-refractivity contribution in [3.63, 3.8) is 0 Å². The van der Waals surface area contributed by atoms with Gasteiger partial charge in [0.1, 0.15) is 0 Å². The van der Waals surface area contributed by atoms with Crippen LogP contribution < -0.4 is 4.90 Å². The maximum atomic E-state index is 12.8. The molecule has 7 nitrogen and oxygen atoms in total. The van der Waals surface area contributed by atoms with Crippen LogP contribution >= 0.6 is 0 Å². The van der Waals surface area contributed by atoms with Crippen molar-refractivity contribution in [2.24, 2.45) is 0 Å². The van der Waals surface area contributed by atoms with Crippen molar-refractivity contribution in [1.29, 1.82) is 0 Å². The van der Waals surface area contributed by atoms with Gasteiger partial charge in [-0.15, -0.1) is 5.10 Å². The fourth-order valence-corrected chi connectivity index (χ4v) is 3.83. The smallest absolute Gasteiger partial charge is 0.276 e. The summed E-state index contributed by atoms with van der Waals surface area (Å²) in [6, 6.07) is 18.0. The van der Waals surface area contributed by atoms with Gasteiger partial charge in [0.05, 0.1) is 6.20 Å². The minimum Gasteiger partial charge on any atom is -0.368 e. The molecule has 0 atom stereocenters. The van der Waals surface area contributed by atoms with Gasteiger partial charge in [0.15, 0.2) is 11.5 Å². The second kappa shape index (κ2) is 9.55. The van der Waals surface area contributed by atoms with Gasteiger partial charge in [0, 0.05) is 44.0 Å². The zero-order valence-electron chi connectivity index (χ0n) is 17.8. The minimum absolute atomic E-state index is 0.0649. The lowest BCUT2D eigenvalue weighted by Gasteiger charge is -2.35. The second-order valence-corrected chi connectivity index (χ2v) is 7.84. The Morgan fingerprint density at radius 1 is 0.935 bits per heavy atom. The Balaban J connectivity index is 1.27. The van der Waals surface area contributed by atoms with E-state index >= 15 is 0 Å². The lowest BCUT2D eigenvalue weighted by Crippen LogP contribution is -2.48. The molecule has 1 aliphatic heterocycles. The number of amides is 1. The second-order valence-electron chi connectivity index (χ2n) is 7.84. The summed E-state index contributed by atoms with van der Waals surface area (Å²) in [5.41, 5.74) is 3.48. The first-order chi connectivity index (χ1) is 15.1. The molecule has 1 fully saturated rings. The first-order valence-electron chi connectivity index (χ1n) is 10.7. The maximum absolute atomic E-state index is 12.8. The van der Waals surface area contributed by atoms with Crippen LogP contribution in [0.5, 0.6) is 0 Å². The lowest BCUT2D eigenvalue weighted by molar-refractivity contribution is 0.0740. The summed E-state index contributed by atoms with van der Waals surface area (Å²) < 4.78 is 1.75. The minimum atomic E-state index is -0.0686. The van der Waals surface area contributed by atoms with Gasteiger partial charge in [0.2, 0.25) is 0 Å². The number of anilines is 1. The third kappa shape index (κ3) is 5.17. The van der Waals surface area contributed by atoms with Crippen LogP contribution in [0.4, 0.5) is 5.69 Å². The summed E-state index contributed by atoms with van der Waals surface area (Å²) >= 11 is 0. The van der Waals surface area contributed by atoms with E-state index in [0.29, 0.717) is 24.3 Å². The Morgan fingerprint density at radius 2 is 1.65 bits per heavy atom. The zero-order chi connectivity index (χ0) is 21.6. The van der Waals surface area contributed by atoms with E-state index in [1.807, 2.05) is 47.4 Å². The van der Waals surface area contributed by atoms with Crippen molar-refractivity contribution in [3.05, 3.63) is 77.6 Å². The van der Waals surface area contributed by atoms with Gasteiger partial charge in [-0.2, -0.15) is 0 Å². The molecule has 1 amide bonds. The Kier molecular flexibility index (Phi) is 6.40. The van der Waals surface area contributed by atoms with Crippen LogP contribution in [0, 0.1) is 0 Å². The molecule has 0 N–H and O–H groups in total. The Hall–Kier alpha value is -3.48. The van der Waals surface area contributed by atoms with Crippen molar-refractivity contribution in [3.8, 4) is 0 Å². The highest BCUT2D eigenvalue weighted by Crippen LogP contribution is 2.18. The highest BCUT2D eigenvalue weighted by molar-refractivity contribution is 5.94. The molecule has 0 unspecified atom stereocenters. The van der Waals surface area contributed by atoms with Gasteiger partial charge in [-0.1, -0.05) is 35.5 Å². The molecule has 160 valence electrons. The van der Waals surface area contributed by atoms with Gasteiger partial charge in [0.25, 0.3) is 5.91 Å². The number of Topliss-reactive ketones (excluding diaryl/α,β-unsaturated/α-hetero) is 1. The van der Waals surface area contributed by atoms with E-state index in [-0.39, 0.29) is 11.7 Å². The van der Waals surface area contributed by atoms with Gasteiger partial charge in [-0.05, 0) is 49.6 Å². The number of rotatable bonds is 7. The summed E-state index contributed by atoms with van der Waals surface area (Å²) in [4.78, 5) is 28.3. The molecule has 1 aliphatic rings. The molecule has 0 saturated carbocycles. The van der Waals surface area contributed by atoms with Crippen LogP contribution in [0.1, 0.15) is 39.8 Å². The number of aromatic nitrogens is 3. The number of aryl methyl sites for hydroxylation is 2. The molecule has 0 aliphatic carbocycles. The molecule has 4 rings (SSSR count). The first-order valence-corrected chi connectivity index (χ1v) is 10.7. The number of carbonyl (C=O) groups excluding carboxylic acids is 2. The van der Waals surface area contributed by atoms with Gasteiger partial charge in [-0.3, -0.25) is 14.3 Å². The predicted octanol–water partition coefficient (Wildman–Crippen LogP) is 3.08. The van der Waals surface area contributed by atoms with Crippen LogP contribution in [0.2, 0.25) is 0 Å². The molecule has 3 aromatic rings. The van der Waals surface area contributed by atoms with E-state index < -0.39 is 0 Å². The average Bonchev–Trinajstić information content (AvgIpc) is 3.28. The van der Waals surface area contributed by atoms with E-state index in [1.54, 1.807) is 17.8 Å². The van der Waals surface area contributed by atoms with Crippen molar-refractivity contribution < 1.29 is 9.59 Å². The van der Waals surface area contributed by atoms with Gasteiger partial charge >= 0.3 is 0 Å². The first kappa shape index (κ1) is 20.8. The monoisotopic (exact) mass is 417 g/mol. The largest absolute Gasteiger partial charge is 0.368 e. The van der Waals surface area contributed by atoms with Crippen LogP contribution in [0.3, 0.4) is 0 Å². The molecule has 2 heterocycles. The Morgan fingerprint density at radius 3 is 2.32 bits per heavy atom. The number of hydrogen-bond acceptors (Lipinski definition) is 5. The van der Waals surface area contributed by atoms with E-state index in [2.05, 4.69) is 27.3 Å². The molecule has 0 radical (unpaired) electrons. The summed E-state index contributed by atoms with van der Waals surface area (Å²) in [5, 5.41) is 8.23. The fraction of sp³-hybridized carbons (Fsp3) is 0.333. The fourth-order valence-electron chi connectivity index (χ4n) is 3.83. The highest BCUT2D eigenvalue weighted by atomic mass is 16.2. The summed E-state index contributed by atoms with van der Waals surface area (Å²) in [6.45, 7) is 5.06. The molecule has 1 aromatic heterocycles. The Bertz CT molecular complexity index is 1020. The third-order valence-electron chi connectivity index (χ3n) is 5.66. The molecule has 1 saturated heterocycles. The molecule has 0 bridgehead atoms. The molecule has 0 spiro atoms. The zero-order valence-corrected chi connectivity index (χ0v) is 17.8. The van der Waals surface area contributed by atoms with Gasteiger partial charge < -0.3 is 9.80 Å². The van der Waals surface area contributed by atoms with Crippen molar-refractivity contribution in [2.75, 3.05) is 31.1 Å². The topological polar surface area (TPSA) is 71.3 Å². The number of hydrogen-bond donors (Lipinski definition) is 0. The van der Waals surface area contributed by atoms with E-state index in [1.165, 1.54) is 5.56 Å². The van der Waals surface area contributed by atoms with Crippen LogP contribution in [0.25, 0.3) is 0 Å². The standard InChI is InChI=1S/C24H27N5O2/c1-19(30)21-9-11-22(12-10-21)27-14-16-28(17-15-27)24(31)23-18-29(26-25-23)13-5-8-20-6-3-2-4-7-20/h2-4,6-7,9-12,18H,5,8,13-17H2,1H3. The van der Waals surface area contributed by atoms with Gasteiger partial charge in [-0.25, -0.2) is 0 Å². The van der Waals surface area contributed by atoms with E-state index in [4.69, 9.17) is 0 Å². The van der Waals surface area contributed by atoms with Crippen LogP contribution in [-0.2, 0) is 13.0 Å². The number of benzene rings is 2. The normalized spacial score (nSPS) is 14.0. The van der Waals surface area contributed by atoms with Crippen LogP contribution in [0.15, 0.2) is 60.8 Å². The molecular formula is C24H27N5O2. The van der Waals surface area contributed by atoms with Crippen molar-refractivity contribution in [2.45, 2.75) is 26.3 Å². The van der Waals surface area contributed by atoms with Crippen molar-refractivity contribution in [1.82, 2.24) is 19.9 Å². The summed E-state index contributed by atoms with van der Waals surface area (Å²) in [5.74, 6) is -0.00374. The highest BCUT2D eigenvalue weighted by Gasteiger charge is 2.24. The Labute approximate surface area is 182 Å². The molecule has 2 aromatic carbocycles. The summed E-state index contributed by atoms with van der Waals surface area (Å²) in [7, 11) is 0. The van der Waals surface area contributed by atoms with E-state index in [0.717, 1.165) is 38.2 Å². The SMILES string of the molecule is CC(=O)c1ccc(N2CCN(C(=O)c3cn(CCCc4ccccc4)nn3)CC2)cc1. The number of ketones is 1. The average molecular weight is 418 g/mol. The molecular weight excluding hydrogens is 390 g/mol. The van der Waals surface area contributed by atoms with Crippen LogP contribution in [-0.4, -0.2) is 57.8 Å². The maximum Gasteiger partial charge on any atom is 0.276 e. The quantitative estimate of drug-likeness (QED) is 0.553. The molecule has 7 heteroatoms. The lowest BCUT2D eigenvalue weighted by atomic mass is 10.1. The predicted molar refractivity (Wildman–Crippen MR) is 119 cm³/mol. The number of nitrogens with zero attached hydrogens (tertiary/aromatic N) is 5. The van der Waals surface area contributed by atoms with E-state index in [9.17, 15) is 9.59 Å². The third-order valence-corrected chi connectivity index (χ3v) is 5.66. The number of carbonyl (C=O) groups is 2. The summed E-state index contributed by atoms with van der Waals surface area (Å²) in [6.07, 6.45) is 3.67. The van der Waals surface area contributed by atoms with Crippen molar-refractivity contribution >= 4 is 17.4 Å².